The van der Waals surface area contributed by atoms with Crippen LogP contribution < -0.4 is 10.6 Å². The Hall–Kier alpha value is -2.96. The molecule has 0 aliphatic carbocycles. The van der Waals surface area contributed by atoms with Gasteiger partial charge in [-0.05, 0) is 24.6 Å². The third-order valence-electron chi connectivity index (χ3n) is 4.25. The molecule has 7 nitrogen and oxygen atoms in total. The van der Waals surface area contributed by atoms with Crippen molar-refractivity contribution in [2.75, 3.05) is 18.0 Å². The van der Waals surface area contributed by atoms with Gasteiger partial charge in [-0.15, -0.1) is 0 Å². The van der Waals surface area contributed by atoms with Crippen LogP contribution in [0.25, 0.3) is 16.9 Å². The highest BCUT2D eigenvalue weighted by molar-refractivity contribution is 5.78. The van der Waals surface area contributed by atoms with Crippen molar-refractivity contribution in [3.05, 3.63) is 42.9 Å². The average molecular weight is 308 g/mol. The Morgan fingerprint density at radius 2 is 2.04 bits per heavy atom. The van der Waals surface area contributed by atoms with Crippen molar-refractivity contribution >= 4 is 17.4 Å². The van der Waals surface area contributed by atoms with Gasteiger partial charge in [-0.3, -0.25) is 4.79 Å². The van der Waals surface area contributed by atoms with Crippen LogP contribution in [0.15, 0.2) is 42.9 Å². The summed E-state index contributed by atoms with van der Waals surface area (Å²) >= 11 is 0. The lowest BCUT2D eigenvalue weighted by atomic mass is 10.1. The number of anilines is 1. The molecule has 23 heavy (non-hydrogen) atoms. The standard InChI is InChI=1S/C16H16N6O/c17-16(23)12-4-8-21(10-12)15-9-11(1-5-19-15)13-2-6-18-14-3-7-20-22(13)14/h1-3,5-7,9,12H,4,8,10H2,(H2,17,23). The SMILES string of the molecule is NC(=O)C1CCN(c2cc(-c3ccnc4ccnn34)ccn2)C1. The Morgan fingerprint density at radius 1 is 1.17 bits per heavy atom. The smallest absolute Gasteiger partial charge is 0.222 e. The molecule has 1 fully saturated rings. The van der Waals surface area contributed by atoms with Gasteiger partial charge in [0.2, 0.25) is 5.91 Å². The minimum absolute atomic E-state index is 0.0980. The normalized spacial score (nSPS) is 17.7. The van der Waals surface area contributed by atoms with Gasteiger partial charge in [0.15, 0.2) is 5.65 Å². The Balaban J connectivity index is 1.70. The molecule has 2 N–H and O–H groups in total. The van der Waals surface area contributed by atoms with Gasteiger partial charge >= 0.3 is 0 Å². The first kappa shape index (κ1) is 13.7. The number of amides is 1. The van der Waals surface area contributed by atoms with Crippen LogP contribution in [0.1, 0.15) is 6.42 Å². The minimum atomic E-state index is -0.240. The van der Waals surface area contributed by atoms with E-state index in [1.807, 2.05) is 24.3 Å². The predicted octanol–water partition coefficient (Wildman–Crippen LogP) is 1.10. The summed E-state index contributed by atoms with van der Waals surface area (Å²) in [5.74, 6) is 0.513. The topological polar surface area (TPSA) is 89.4 Å². The summed E-state index contributed by atoms with van der Waals surface area (Å²) in [6.07, 6.45) is 6.05. The van der Waals surface area contributed by atoms with Crippen molar-refractivity contribution in [1.29, 1.82) is 0 Å². The second kappa shape index (κ2) is 5.35. The van der Waals surface area contributed by atoms with Crippen LogP contribution in [0, 0.1) is 5.92 Å². The van der Waals surface area contributed by atoms with Gasteiger partial charge in [-0.1, -0.05) is 0 Å². The van der Waals surface area contributed by atoms with E-state index in [1.165, 1.54) is 0 Å². The highest BCUT2D eigenvalue weighted by Gasteiger charge is 2.27. The minimum Gasteiger partial charge on any atom is -0.369 e. The number of nitrogens with two attached hydrogens (primary N) is 1. The molecule has 7 heteroatoms. The Morgan fingerprint density at radius 3 is 2.87 bits per heavy atom. The molecule has 1 unspecified atom stereocenters. The van der Waals surface area contributed by atoms with E-state index >= 15 is 0 Å². The van der Waals surface area contributed by atoms with E-state index in [2.05, 4.69) is 20.0 Å². The summed E-state index contributed by atoms with van der Waals surface area (Å²) in [7, 11) is 0. The molecule has 1 aliphatic rings. The molecule has 1 saturated heterocycles. The summed E-state index contributed by atoms with van der Waals surface area (Å²) in [6, 6.07) is 7.75. The summed E-state index contributed by atoms with van der Waals surface area (Å²) in [5.41, 5.74) is 8.17. The number of hydrogen-bond donors (Lipinski definition) is 1. The van der Waals surface area contributed by atoms with Crippen molar-refractivity contribution < 1.29 is 4.79 Å². The Bertz CT molecular complexity index is 874. The first-order valence-corrected chi connectivity index (χ1v) is 7.52. The van der Waals surface area contributed by atoms with E-state index in [0.717, 1.165) is 35.7 Å². The van der Waals surface area contributed by atoms with E-state index in [-0.39, 0.29) is 11.8 Å². The summed E-state index contributed by atoms with van der Waals surface area (Å²) in [6.45, 7) is 1.41. The third-order valence-corrected chi connectivity index (χ3v) is 4.25. The van der Waals surface area contributed by atoms with Crippen LogP contribution in [0.3, 0.4) is 0 Å². The molecule has 1 amide bonds. The summed E-state index contributed by atoms with van der Waals surface area (Å²) in [5, 5.41) is 4.32. The molecule has 0 saturated carbocycles. The fraction of sp³-hybridized carbons (Fsp3) is 0.250. The molecule has 116 valence electrons. The zero-order chi connectivity index (χ0) is 15.8. The van der Waals surface area contributed by atoms with Gasteiger partial charge in [0, 0.05) is 37.1 Å². The lowest BCUT2D eigenvalue weighted by Gasteiger charge is -2.17. The van der Waals surface area contributed by atoms with Gasteiger partial charge in [0.25, 0.3) is 0 Å². The van der Waals surface area contributed by atoms with Gasteiger partial charge < -0.3 is 10.6 Å². The maximum Gasteiger partial charge on any atom is 0.222 e. The van der Waals surface area contributed by atoms with Crippen LogP contribution >= 0.6 is 0 Å². The van der Waals surface area contributed by atoms with E-state index in [4.69, 9.17) is 5.73 Å². The number of carbonyl (C=O) groups excluding carboxylic acids is 1. The third kappa shape index (κ3) is 2.40. The summed E-state index contributed by atoms with van der Waals surface area (Å²) < 4.78 is 1.80. The Kier molecular flexibility index (Phi) is 3.18. The molecule has 4 heterocycles. The molecule has 1 aliphatic heterocycles. The predicted molar refractivity (Wildman–Crippen MR) is 85.7 cm³/mol. The molecule has 3 aromatic rings. The van der Waals surface area contributed by atoms with Crippen LogP contribution in [0.4, 0.5) is 5.82 Å². The fourth-order valence-electron chi connectivity index (χ4n) is 3.00. The molecule has 4 rings (SSSR count). The fourth-order valence-corrected chi connectivity index (χ4v) is 3.00. The number of carbonyl (C=O) groups is 1. The quantitative estimate of drug-likeness (QED) is 0.782. The largest absolute Gasteiger partial charge is 0.369 e. The van der Waals surface area contributed by atoms with Gasteiger partial charge in [0.1, 0.15) is 5.82 Å². The number of primary amides is 1. The first-order valence-electron chi connectivity index (χ1n) is 7.52. The Labute approximate surface area is 132 Å². The lowest BCUT2D eigenvalue weighted by molar-refractivity contribution is -0.121. The van der Waals surface area contributed by atoms with Crippen molar-refractivity contribution in [3.63, 3.8) is 0 Å². The van der Waals surface area contributed by atoms with Crippen LogP contribution in [0.2, 0.25) is 0 Å². The molecule has 3 aromatic heterocycles. The van der Waals surface area contributed by atoms with Crippen molar-refractivity contribution in [3.8, 4) is 11.3 Å². The van der Waals surface area contributed by atoms with E-state index in [9.17, 15) is 4.79 Å². The van der Waals surface area contributed by atoms with Crippen LogP contribution in [-0.4, -0.2) is 38.6 Å². The van der Waals surface area contributed by atoms with E-state index < -0.39 is 0 Å². The average Bonchev–Trinajstić information content (AvgIpc) is 3.24. The first-order chi connectivity index (χ1) is 11.2. The zero-order valence-electron chi connectivity index (χ0n) is 12.5. The number of aromatic nitrogens is 4. The van der Waals surface area contributed by atoms with Crippen molar-refractivity contribution in [2.24, 2.45) is 11.7 Å². The van der Waals surface area contributed by atoms with Crippen LogP contribution in [-0.2, 0) is 4.79 Å². The summed E-state index contributed by atoms with van der Waals surface area (Å²) in [4.78, 5) is 22.2. The monoisotopic (exact) mass is 308 g/mol. The number of rotatable bonds is 3. The van der Waals surface area contributed by atoms with Crippen molar-refractivity contribution in [2.45, 2.75) is 6.42 Å². The molecule has 1 atom stereocenters. The zero-order valence-corrected chi connectivity index (χ0v) is 12.5. The lowest BCUT2D eigenvalue weighted by Crippen LogP contribution is -2.27. The van der Waals surface area contributed by atoms with Gasteiger partial charge in [-0.2, -0.15) is 5.10 Å². The maximum atomic E-state index is 11.3. The second-order valence-electron chi connectivity index (χ2n) is 5.67. The van der Waals surface area contributed by atoms with Crippen molar-refractivity contribution in [1.82, 2.24) is 19.6 Å². The molecule has 0 bridgehead atoms. The molecule has 0 radical (unpaired) electrons. The highest BCUT2D eigenvalue weighted by atomic mass is 16.1. The van der Waals surface area contributed by atoms with E-state index in [0.29, 0.717) is 6.54 Å². The maximum absolute atomic E-state index is 11.3. The molecule has 0 spiro atoms. The highest BCUT2D eigenvalue weighted by Crippen LogP contribution is 2.26. The number of hydrogen-bond acceptors (Lipinski definition) is 5. The van der Waals surface area contributed by atoms with Crippen LogP contribution in [0.5, 0.6) is 0 Å². The van der Waals surface area contributed by atoms with E-state index in [1.54, 1.807) is 23.1 Å². The number of fused-ring (bicyclic) bond motifs is 1. The van der Waals surface area contributed by atoms with Gasteiger partial charge in [0.05, 0.1) is 17.8 Å². The number of nitrogens with zero attached hydrogens (tertiary/aromatic N) is 5. The number of pyridine rings is 1. The molecule has 0 aromatic carbocycles. The van der Waals surface area contributed by atoms with Gasteiger partial charge in [-0.25, -0.2) is 14.5 Å². The second-order valence-corrected chi connectivity index (χ2v) is 5.67. The molecular weight excluding hydrogens is 292 g/mol. The molecular formula is C16H16N6O.